The maximum atomic E-state index is 6.23. The zero-order chi connectivity index (χ0) is 15.2. The summed E-state index contributed by atoms with van der Waals surface area (Å²) in [6.07, 6.45) is 0.525. The van der Waals surface area contributed by atoms with Gasteiger partial charge in [-0.15, -0.1) is 0 Å². The van der Waals surface area contributed by atoms with E-state index in [2.05, 4.69) is 0 Å². The highest BCUT2D eigenvalue weighted by molar-refractivity contribution is 6.30. The Hall–Kier alpha value is -1.71. The summed E-state index contributed by atoms with van der Waals surface area (Å²) in [7, 11) is 1.62. The van der Waals surface area contributed by atoms with Gasteiger partial charge in [-0.2, -0.15) is 0 Å². The molecule has 0 saturated heterocycles. The zero-order valence-electron chi connectivity index (χ0n) is 12.3. The highest BCUT2D eigenvalue weighted by Crippen LogP contribution is 2.33. The molecule has 0 bridgehead atoms. The molecule has 2 rings (SSSR count). The summed E-state index contributed by atoms with van der Waals surface area (Å²) in [5.41, 5.74) is 7.19. The van der Waals surface area contributed by atoms with Crippen molar-refractivity contribution < 1.29 is 9.47 Å². The number of nitrogens with two attached hydrogens (primary N) is 1. The quantitative estimate of drug-likeness (QED) is 0.869. The average Bonchev–Trinajstić information content (AvgIpc) is 2.52. The molecule has 2 unspecified atom stereocenters. The fraction of sp³-hybridized carbons (Fsp3) is 0.294. The lowest BCUT2D eigenvalue weighted by Crippen LogP contribution is -2.31. The van der Waals surface area contributed by atoms with Crippen LogP contribution in [0.25, 0.3) is 0 Å². The molecule has 0 radical (unpaired) electrons. The van der Waals surface area contributed by atoms with Crippen LogP contribution in [-0.4, -0.2) is 13.2 Å². The summed E-state index contributed by atoms with van der Waals surface area (Å²) in [5.74, 6) is 1.36. The van der Waals surface area contributed by atoms with Crippen LogP contribution in [0.3, 0.4) is 0 Å². The topological polar surface area (TPSA) is 44.5 Å². The third-order valence-electron chi connectivity index (χ3n) is 3.36. The molecule has 2 aromatic carbocycles. The zero-order valence-corrected chi connectivity index (χ0v) is 13.0. The van der Waals surface area contributed by atoms with E-state index in [4.69, 9.17) is 26.8 Å². The van der Waals surface area contributed by atoms with Gasteiger partial charge in [0.05, 0.1) is 7.11 Å². The molecule has 2 aromatic rings. The number of methoxy groups -OCH3 is 1. The normalized spacial score (nSPS) is 13.5. The Morgan fingerprint density at radius 3 is 2.43 bits per heavy atom. The van der Waals surface area contributed by atoms with Crippen molar-refractivity contribution in [1.82, 2.24) is 0 Å². The number of rotatable bonds is 6. The predicted molar refractivity (Wildman–Crippen MR) is 86.1 cm³/mol. The van der Waals surface area contributed by atoms with Crippen molar-refractivity contribution in [3.05, 3.63) is 59.1 Å². The number of hydrogen-bond donors (Lipinski definition) is 1. The molecule has 4 heteroatoms. The molecule has 2 N–H and O–H groups in total. The van der Waals surface area contributed by atoms with Crippen molar-refractivity contribution in [3.8, 4) is 11.5 Å². The molecule has 0 aliphatic heterocycles. The number of para-hydroxylation sites is 2. The van der Waals surface area contributed by atoms with E-state index in [0.717, 1.165) is 12.0 Å². The van der Waals surface area contributed by atoms with E-state index in [1.807, 2.05) is 55.5 Å². The van der Waals surface area contributed by atoms with Crippen molar-refractivity contribution in [2.75, 3.05) is 7.11 Å². The van der Waals surface area contributed by atoms with Crippen LogP contribution in [0.4, 0.5) is 0 Å². The van der Waals surface area contributed by atoms with E-state index in [9.17, 15) is 0 Å². The second kappa shape index (κ2) is 7.34. The summed E-state index contributed by atoms with van der Waals surface area (Å²) in [6.45, 7) is 2.04. The van der Waals surface area contributed by atoms with Crippen LogP contribution >= 0.6 is 11.6 Å². The SMILES string of the molecule is CCC(N)C(Oc1ccccc1OC)c1cccc(Cl)c1. The van der Waals surface area contributed by atoms with Gasteiger partial charge >= 0.3 is 0 Å². The molecule has 0 fully saturated rings. The summed E-state index contributed by atoms with van der Waals surface area (Å²) >= 11 is 6.08. The standard InChI is InChI=1S/C17H20ClNO2/c1-3-14(19)17(12-7-6-8-13(18)11-12)21-16-10-5-4-9-15(16)20-2/h4-11,14,17H,3,19H2,1-2H3. The highest BCUT2D eigenvalue weighted by Gasteiger charge is 2.22. The van der Waals surface area contributed by atoms with Gasteiger partial charge in [-0.05, 0) is 36.2 Å². The van der Waals surface area contributed by atoms with E-state index >= 15 is 0 Å². The van der Waals surface area contributed by atoms with Crippen molar-refractivity contribution in [2.45, 2.75) is 25.5 Å². The van der Waals surface area contributed by atoms with Crippen LogP contribution in [0.5, 0.6) is 11.5 Å². The van der Waals surface area contributed by atoms with Gasteiger partial charge in [0.25, 0.3) is 0 Å². The van der Waals surface area contributed by atoms with Crippen LogP contribution in [0, 0.1) is 0 Å². The van der Waals surface area contributed by atoms with Crippen LogP contribution < -0.4 is 15.2 Å². The minimum Gasteiger partial charge on any atom is -0.493 e. The second-order valence-corrected chi connectivity index (χ2v) is 5.25. The molecule has 0 aliphatic rings. The summed E-state index contributed by atoms with van der Waals surface area (Å²) in [4.78, 5) is 0. The van der Waals surface area contributed by atoms with Crippen molar-refractivity contribution in [1.29, 1.82) is 0 Å². The summed E-state index contributed by atoms with van der Waals surface area (Å²) in [6, 6.07) is 15.0. The van der Waals surface area contributed by atoms with E-state index in [-0.39, 0.29) is 12.1 Å². The second-order valence-electron chi connectivity index (χ2n) is 4.82. The van der Waals surface area contributed by atoms with Crippen LogP contribution in [0.15, 0.2) is 48.5 Å². The Morgan fingerprint density at radius 2 is 1.81 bits per heavy atom. The Balaban J connectivity index is 2.33. The van der Waals surface area contributed by atoms with E-state index < -0.39 is 0 Å². The number of benzene rings is 2. The van der Waals surface area contributed by atoms with Crippen LogP contribution in [-0.2, 0) is 0 Å². The molecule has 0 heterocycles. The molecular formula is C17H20ClNO2. The number of halogens is 1. The fourth-order valence-corrected chi connectivity index (χ4v) is 2.35. The molecule has 0 spiro atoms. The molecule has 112 valence electrons. The summed E-state index contributed by atoms with van der Waals surface area (Å²) in [5, 5.41) is 0.671. The molecular weight excluding hydrogens is 286 g/mol. The predicted octanol–water partition coefficient (Wildman–Crippen LogP) is 4.21. The minimum absolute atomic E-state index is 0.131. The monoisotopic (exact) mass is 305 g/mol. The Labute approximate surface area is 130 Å². The lowest BCUT2D eigenvalue weighted by atomic mass is 10.0. The van der Waals surface area contributed by atoms with E-state index in [1.165, 1.54) is 0 Å². The lowest BCUT2D eigenvalue weighted by Gasteiger charge is -2.25. The Kier molecular flexibility index (Phi) is 5.48. The highest BCUT2D eigenvalue weighted by atomic mass is 35.5. The van der Waals surface area contributed by atoms with Gasteiger partial charge in [0.2, 0.25) is 0 Å². The third kappa shape index (κ3) is 3.90. The summed E-state index contributed by atoms with van der Waals surface area (Å²) < 4.78 is 11.4. The molecule has 3 nitrogen and oxygen atoms in total. The molecule has 2 atom stereocenters. The molecule has 0 aliphatic carbocycles. The first-order chi connectivity index (χ1) is 10.2. The van der Waals surface area contributed by atoms with Crippen LogP contribution in [0.1, 0.15) is 25.0 Å². The molecule has 0 saturated carbocycles. The van der Waals surface area contributed by atoms with Gasteiger partial charge in [-0.1, -0.05) is 42.8 Å². The fourth-order valence-electron chi connectivity index (χ4n) is 2.15. The van der Waals surface area contributed by atoms with Gasteiger partial charge in [0.1, 0.15) is 6.10 Å². The molecule has 21 heavy (non-hydrogen) atoms. The van der Waals surface area contributed by atoms with Gasteiger partial charge < -0.3 is 15.2 Å². The van der Waals surface area contributed by atoms with Gasteiger partial charge in [0.15, 0.2) is 11.5 Å². The van der Waals surface area contributed by atoms with Crippen molar-refractivity contribution in [3.63, 3.8) is 0 Å². The first-order valence-electron chi connectivity index (χ1n) is 6.96. The smallest absolute Gasteiger partial charge is 0.162 e. The van der Waals surface area contributed by atoms with E-state index in [0.29, 0.717) is 16.5 Å². The maximum absolute atomic E-state index is 6.23. The number of ether oxygens (including phenoxy) is 2. The first kappa shape index (κ1) is 15.7. The van der Waals surface area contributed by atoms with Crippen LogP contribution in [0.2, 0.25) is 5.02 Å². The molecule has 0 amide bonds. The van der Waals surface area contributed by atoms with Gasteiger partial charge in [-0.3, -0.25) is 0 Å². The van der Waals surface area contributed by atoms with Crippen molar-refractivity contribution in [2.24, 2.45) is 5.73 Å². The third-order valence-corrected chi connectivity index (χ3v) is 3.60. The Morgan fingerprint density at radius 1 is 1.10 bits per heavy atom. The maximum Gasteiger partial charge on any atom is 0.162 e. The minimum atomic E-state index is -0.273. The largest absolute Gasteiger partial charge is 0.493 e. The molecule has 0 aromatic heterocycles. The van der Waals surface area contributed by atoms with E-state index in [1.54, 1.807) is 7.11 Å². The van der Waals surface area contributed by atoms with Gasteiger partial charge in [0, 0.05) is 11.1 Å². The number of hydrogen-bond acceptors (Lipinski definition) is 3. The Bertz CT molecular complexity index is 589. The van der Waals surface area contributed by atoms with Gasteiger partial charge in [-0.25, -0.2) is 0 Å². The lowest BCUT2D eigenvalue weighted by molar-refractivity contribution is 0.164. The average molecular weight is 306 g/mol. The van der Waals surface area contributed by atoms with Crippen molar-refractivity contribution >= 4 is 11.6 Å². The first-order valence-corrected chi connectivity index (χ1v) is 7.34.